The summed E-state index contributed by atoms with van der Waals surface area (Å²) in [5.41, 5.74) is 3.00. The van der Waals surface area contributed by atoms with Crippen LogP contribution in [0.4, 0.5) is 0 Å². The summed E-state index contributed by atoms with van der Waals surface area (Å²) in [6, 6.07) is 23.5. The SMILES string of the molecule is O=C(/C=C/c1cccc(OCc2ccccc2)c1)NCCc1ccccn1. The van der Waals surface area contributed by atoms with E-state index in [0.29, 0.717) is 19.6 Å². The Hall–Kier alpha value is -3.40. The minimum Gasteiger partial charge on any atom is -0.489 e. The monoisotopic (exact) mass is 358 g/mol. The van der Waals surface area contributed by atoms with Crippen LogP contribution in [-0.2, 0) is 17.8 Å². The Morgan fingerprint density at radius 3 is 2.67 bits per heavy atom. The molecule has 136 valence electrons. The van der Waals surface area contributed by atoms with Crippen molar-refractivity contribution in [2.75, 3.05) is 6.54 Å². The summed E-state index contributed by atoms with van der Waals surface area (Å²) in [7, 11) is 0. The molecule has 1 heterocycles. The highest BCUT2D eigenvalue weighted by Gasteiger charge is 1.99. The molecule has 3 aromatic rings. The number of aromatic nitrogens is 1. The van der Waals surface area contributed by atoms with Crippen LogP contribution in [0.1, 0.15) is 16.8 Å². The quantitative estimate of drug-likeness (QED) is 0.619. The van der Waals surface area contributed by atoms with Crippen LogP contribution in [0.3, 0.4) is 0 Å². The van der Waals surface area contributed by atoms with Crippen LogP contribution in [0.2, 0.25) is 0 Å². The Kier molecular flexibility index (Phi) is 6.76. The average Bonchev–Trinajstić information content (AvgIpc) is 2.73. The number of rotatable bonds is 8. The lowest BCUT2D eigenvalue weighted by Gasteiger charge is -2.07. The second-order valence-corrected chi connectivity index (χ2v) is 6.04. The van der Waals surface area contributed by atoms with Gasteiger partial charge in [0.25, 0.3) is 0 Å². The minimum atomic E-state index is -0.124. The van der Waals surface area contributed by atoms with E-state index in [0.717, 1.165) is 22.6 Å². The van der Waals surface area contributed by atoms with Crippen LogP contribution in [0, 0.1) is 0 Å². The number of ether oxygens (including phenoxy) is 1. The van der Waals surface area contributed by atoms with Crippen molar-refractivity contribution in [2.45, 2.75) is 13.0 Å². The van der Waals surface area contributed by atoms with Gasteiger partial charge in [-0.25, -0.2) is 0 Å². The van der Waals surface area contributed by atoms with Gasteiger partial charge >= 0.3 is 0 Å². The molecule has 0 radical (unpaired) electrons. The summed E-state index contributed by atoms with van der Waals surface area (Å²) >= 11 is 0. The molecule has 4 nitrogen and oxygen atoms in total. The van der Waals surface area contributed by atoms with Crippen LogP contribution in [0.25, 0.3) is 6.08 Å². The largest absolute Gasteiger partial charge is 0.489 e. The normalized spacial score (nSPS) is 10.7. The van der Waals surface area contributed by atoms with E-state index in [1.165, 1.54) is 6.08 Å². The van der Waals surface area contributed by atoms with Crippen LogP contribution < -0.4 is 10.1 Å². The predicted octanol–water partition coefficient (Wildman–Crippen LogP) is 4.03. The van der Waals surface area contributed by atoms with Crippen molar-refractivity contribution in [1.82, 2.24) is 10.3 Å². The summed E-state index contributed by atoms with van der Waals surface area (Å²) in [5.74, 6) is 0.651. The molecule has 3 rings (SSSR count). The predicted molar refractivity (Wildman–Crippen MR) is 107 cm³/mol. The molecule has 27 heavy (non-hydrogen) atoms. The fraction of sp³-hybridized carbons (Fsp3) is 0.130. The van der Waals surface area contributed by atoms with Gasteiger partial charge in [-0.3, -0.25) is 9.78 Å². The Bertz CT molecular complexity index is 877. The van der Waals surface area contributed by atoms with Gasteiger partial charge in [-0.2, -0.15) is 0 Å². The minimum absolute atomic E-state index is 0.124. The van der Waals surface area contributed by atoms with E-state index in [4.69, 9.17) is 4.74 Å². The number of carbonyl (C=O) groups excluding carboxylic acids is 1. The third kappa shape index (κ3) is 6.44. The van der Waals surface area contributed by atoms with E-state index in [2.05, 4.69) is 10.3 Å². The molecule has 0 saturated carbocycles. The maximum absolute atomic E-state index is 12.0. The highest BCUT2D eigenvalue weighted by Crippen LogP contribution is 2.16. The summed E-state index contributed by atoms with van der Waals surface area (Å²) in [5, 5.41) is 2.87. The van der Waals surface area contributed by atoms with E-state index in [9.17, 15) is 4.79 Å². The van der Waals surface area contributed by atoms with E-state index in [1.54, 1.807) is 12.3 Å². The van der Waals surface area contributed by atoms with Crippen molar-refractivity contribution in [3.8, 4) is 5.75 Å². The zero-order valence-corrected chi connectivity index (χ0v) is 15.0. The number of carbonyl (C=O) groups is 1. The first kappa shape index (κ1) is 18.4. The Balaban J connectivity index is 1.47. The highest BCUT2D eigenvalue weighted by atomic mass is 16.5. The zero-order chi connectivity index (χ0) is 18.7. The maximum Gasteiger partial charge on any atom is 0.244 e. The Morgan fingerprint density at radius 1 is 1.00 bits per heavy atom. The van der Waals surface area contributed by atoms with Crippen LogP contribution >= 0.6 is 0 Å². The van der Waals surface area contributed by atoms with Gasteiger partial charge in [-0.05, 0) is 41.5 Å². The second-order valence-electron chi connectivity index (χ2n) is 6.04. The lowest BCUT2D eigenvalue weighted by atomic mass is 10.2. The van der Waals surface area contributed by atoms with Crippen molar-refractivity contribution in [2.24, 2.45) is 0 Å². The highest BCUT2D eigenvalue weighted by molar-refractivity contribution is 5.91. The van der Waals surface area contributed by atoms with E-state index in [-0.39, 0.29) is 5.91 Å². The smallest absolute Gasteiger partial charge is 0.244 e. The van der Waals surface area contributed by atoms with E-state index in [1.807, 2.05) is 72.8 Å². The summed E-state index contributed by atoms with van der Waals surface area (Å²) < 4.78 is 5.81. The molecular formula is C23H22N2O2. The van der Waals surface area contributed by atoms with Gasteiger partial charge in [0.2, 0.25) is 5.91 Å². The third-order valence-corrected chi connectivity index (χ3v) is 3.94. The van der Waals surface area contributed by atoms with Crippen molar-refractivity contribution in [1.29, 1.82) is 0 Å². The average molecular weight is 358 g/mol. The third-order valence-electron chi connectivity index (χ3n) is 3.94. The van der Waals surface area contributed by atoms with Crippen LogP contribution in [0.5, 0.6) is 5.75 Å². The van der Waals surface area contributed by atoms with Crippen molar-refractivity contribution in [3.63, 3.8) is 0 Å². The molecule has 0 aliphatic rings. The molecule has 1 aromatic heterocycles. The lowest BCUT2D eigenvalue weighted by Crippen LogP contribution is -2.23. The molecular weight excluding hydrogens is 336 g/mol. The summed E-state index contributed by atoms with van der Waals surface area (Å²) in [6.45, 7) is 1.07. The van der Waals surface area contributed by atoms with E-state index >= 15 is 0 Å². The fourth-order valence-corrected chi connectivity index (χ4v) is 2.54. The van der Waals surface area contributed by atoms with Gasteiger partial charge < -0.3 is 10.1 Å². The summed E-state index contributed by atoms with van der Waals surface area (Å²) in [4.78, 5) is 16.2. The van der Waals surface area contributed by atoms with Gasteiger partial charge in [0.1, 0.15) is 12.4 Å². The van der Waals surface area contributed by atoms with E-state index < -0.39 is 0 Å². The Labute approximate surface area is 159 Å². The first-order chi connectivity index (χ1) is 13.3. The van der Waals surface area contributed by atoms with Gasteiger partial charge in [0.15, 0.2) is 0 Å². The summed E-state index contributed by atoms with van der Waals surface area (Å²) in [6.07, 6.45) is 5.79. The first-order valence-corrected chi connectivity index (χ1v) is 8.92. The van der Waals surface area contributed by atoms with Crippen molar-refractivity contribution < 1.29 is 9.53 Å². The van der Waals surface area contributed by atoms with Gasteiger partial charge in [0, 0.05) is 30.9 Å². The standard InChI is InChI=1S/C23H22N2O2/c26-23(25-16-14-21-10-4-5-15-24-21)13-12-19-9-6-11-22(17-19)27-18-20-7-2-1-3-8-20/h1-13,15,17H,14,16,18H2,(H,25,26)/b13-12+. The number of amides is 1. The molecule has 0 unspecified atom stereocenters. The number of hydrogen-bond acceptors (Lipinski definition) is 3. The number of hydrogen-bond donors (Lipinski definition) is 1. The second kappa shape index (κ2) is 9.92. The molecule has 1 amide bonds. The molecule has 0 atom stereocenters. The molecule has 0 aliphatic carbocycles. The van der Waals surface area contributed by atoms with Gasteiger partial charge in [-0.15, -0.1) is 0 Å². The maximum atomic E-state index is 12.0. The van der Waals surface area contributed by atoms with Gasteiger partial charge in [-0.1, -0.05) is 48.5 Å². The van der Waals surface area contributed by atoms with Crippen molar-refractivity contribution in [3.05, 3.63) is 102 Å². The molecule has 0 aliphatic heterocycles. The number of nitrogens with zero attached hydrogens (tertiary/aromatic N) is 1. The van der Waals surface area contributed by atoms with Crippen LogP contribution in [-0.4, -0.2) is 17.4 Å². The number of nitrogens with one attached hydrogen (secondary N) is 1. The molecule has 2 aromatic carbocycles. The zero-order valence-electron chi connectivity index (χ0n) is 15.0. The first-order valence-electron chi connectivity index (χ1n) is 8.92. The van der Waals surface area contributed by atoms with Crippen molar-refractivity contribution >= 4 is 12.0 Å². The molecule has 4 heteroatoms. The van der Waals surface area contributed by atoms with Gasteiger partial charge in [0.05, 0.1) is 0 Å². The lowest BCUT2D eigenvalue weighted by molar-refractivity contribution is -0.116. The molecule has 1 N–H and O–H groups in total. The number of benzene rings is 2. The Morgan fingerprint density at radius 2 is 1.85 bits per heavy atom. The molecule has 0 fully saturated rings. The molecule has 0 spiro atoms. The molecule has 0 bridgehead atoms. The number of pyridine rings is 1. The fourth-order valence-electron chi connectivity index (χ4n) is 2.54. The topological polar surface area (TPSA) is 51.2 Å². The molecule has 0 saturated heterocycles. The van der Waals surface area contributed by atoms with Crippen LogP contribution in [0.15, 0.2) is 85.1 Å².